The van der Waals surface area contributed by atoms with E-state index in [1.807, 2.05) is 38.1 Å². The van der Waals surface area contributed by atoms with E-state index in [0.29, 0.717) is 17.3 Å². The Bertz CT molecular complexity index is 764. The molecule has 0 unspecified atom stereocenters. The summed E-state index contributed by atoms with van der Waals surface area (Å²) in [6.07, 6.45) is 0.746. The van der Waals surface area contributed by atoms with Gasteiger partial charge in [0.25, 0.3) is 5.91 Å². The van der Waals surface area contributed by atoms with E-state index >= 15 is 0 Å². The molecule has 26 heavy (non-hydrogen) atoms. The summed E-state index contributed by atoms with van der Waals surface area (Å²) in [6.45, 7) is 4.16. The summed E-state index contributed by atoms with van der Waals surface area (Å²) in [5.41, 5.74) is 1.71. The number of carbonyl (C=O) groups excluding carboxylic acids is 2. The monoisotopic (exact) mass is 374 g/mol. The van der Waals surface area contributed by atoms with Gasteiger partial charge in [-0.3, -0.25) is 9.59 Å². The number of nitrogens with zero attached hydrogens (tertiary/aromatic N) is 1. The van der Waals surface area contributed by atoms with Gasteiger partial charge in [-0.15, -0.1) is 0 Å². The van der Waals surface area contributed by atoms with Gasteiger partial charge in [0, 0.05) is 12.2 Å². The van der Waals surface area contributed by atoms with Gasteiger partial charge < -0.3 is 15.0 Å². The lowest BCUT2D eigenvalue weighted by Crippen LogP contribution is -2.41. The van der Waals surface area contributed by atoms with Crippen LogP contribution in [0.2, 0.25) is 5.02 Å². The minimum absolute atomic E-state index is 0.0209. The van der Waals surface area contributed by atoms with Crippen LogP contribution >= 0.6 is 11.6 Å². The van der Waals surface area contributed by atoms with Crippen molar-refractivity contribution in [2.75, 3.05) is 25.0 Å². The third kappa shape index (κ3) is 5.77. The van der Waals surface area contributed by atoms with E-state index in [2.05, 4.69) is 5.32 Å². The maximum absolute atomic E-state index is 12.5. The first-order chi connectivity index (χ1) is 12.5. The van der Waals surface area contributed by atoms with Gasteiger partial charge in [-0.1, -0.05) is 48.9 Å². The van der Waals surface area contributed by atoms with Gasteiger partial charge in [0.2, 0.25) is 5.91 Å². The minimum Gasteiger partial charge on any atom is -0.482 e. The van der Waals surface area contributed by atoms with Crippen LogP contribution in [-0.4, -0.2) is 36.4 Å². The average molecular weight is 375 g/mol. The second-order valence-corrected chi connectivity index (χ2v) is 6.30. The van der Waals surface area contributed by atoms with Gasteiger partial charge in [0.15, 0.2) is 6.61 Å². The highest BCUT2D eigenvalue weighted by Crippen LogP contribution is 2.23. The number of amides is 2. The number of halogens is 1. The Morgan fingerprint density at radius 1 is 1.12 bits per heavy atom. The molecule has 2 aromatic carbocycles. The summed E-state index contributed by atoms with van der Waals surface area (Å²) in [7, 11) is 0. The molecule has 5 nitrogen and oxygen atoms in total. The van der Waals surface area contributed by atoms with Crippen molar-refractivity contribution in [2.45, 2.75) is 20.3 Å². The topological polar surface area (TPSA) is 58.6 Å². The summed E-state index contributed by atoms with van der Waals surface area (Å²) in [6, 6.07) is 14.5. The number of carbonyl (C=O) groups is 2. The fraction of sp³-hybridized carbons (Fsp3) is 0.300. The van der Waals surface area contributed by atoms with Crippen LogP contribution in [0.4, 0.5) is 5.69 Å². The first-order valence-electron chi connectivity index (χ1n) is 8.52. The van der Waals surface area contributed by atoms with Crippen molar-refractivity contribution in [1.29, 1.82) is 0 Å². The second-order valence-electron chi connectivity index (χ2n) is 5.90. The van der Waals surface area contributed by atoms with Crippen LogP contribution in [0.3, 0.4) is 0 Å². The van der Waals surface area contributed by atoms with Crippen molar-refractivity contribution >= 4 is 29.1 Å². The van der Waals surface area contributed by atoms with Crippen molar-refractivity contribution in [3.63, 3.8) is 0 Å². The predicted molar refractivity (Wildman–Crippen MR) is 104 cm³/mol. The molecule has 0 fully saturated rings. The number of hydrogen-bond donors (Lipinski definition) is 1. The molecule has 0 saturated carbocycles. The summed E-state index contributed by atoms with van der Waals surface area (Å²) in [4.78, 5) is 26.3. The molecule has 1 N–H and O–H groups in total. The average Bonchev–Trinajstić information content (AvgIpc) is 2.62. The van der Waals surface area contributed by atoms with E-state index in [9.17, 15) is 9.59 Å². The molecule has 0 aliphatic rings. The van der Waals surface area contributed by atoms with E-state index in [-0.39, 0.29) is 25.0 Å². The van der Waals surface area contributed by atoms with Crippen LogP contribution in [-0.2, 0) is 9.59 Å². The number of rotatable bonds is 8. The molecule has 2 amide bonds. The molecule has 138 valence electrons. The third-order valence-corrected chi connectivity index (χ3v) is 4.10. The Hall–Kier alpha value is -2.53. The molecule has 0 bridgehead atoms. The summed E-state index contributed by atoms with van der Waals surface area (Å²) in [5, 5.41) is 3.29. The summed E-state index contributed by atoms with van der Waals surface area (Å²) < 4.78 is 5.49. The van der Waals surface area contributed by atoms with Gasteiger partial charge in [-0.25, -0.2) is 0 Å². The molecule has 0 spiro atoms. The summed E-state index contributed by atoms with van der Waals surface area (Å²) in [5.74, 6) is -0.0473. The molecule has 0 heterocycles. The molecule has 0 atom stereocenters. The van der Waals surface area contributed by atoms with E-state index in [0.717, 1.165) is 17.7 Å². The van der Waals surface area contributed by atoms with E-state index in [1.54, 1.807) is 24.3 Å². The second kappa shape index (κ2) is 9.82. The molecule has 0 saturated heterocycles. The van der Waals surface area contributed by atoms with Crippen molar-refractivity contribution in [2.24, 2.45) is 0 Å². The zero-order chi connectivity index (χ0) is 18.9. The SMILES string of the molecule is CCCN(CC(=O)Nc1ccccc1C)C(=O)COc1ccccc1Cl. The van der Waals surface area contributed by atoms with Crippen LogP contribution < -0.4 is 10.1 Å². The van der Waals surface area contributed by atoms with Crippen molar-refractivity contribution in [1.82, 2.24) is 4.90 Å². The third-order valence-electron chi connectivity index (χ3n) is 3.79. The van der Waals surface area contributed by atoms with Crippen LogP contribution in [0.25, 0.3) is 0 Å². The Kier molecular flexibility index (Phi) is 7.48. The number of anilines is 1. The fourth-order valence-electron chi connectivity index (χ4n) is 2.43. The molecule has 0 aliphatic carbocycles. The normalized spacial score (nSPS) is 10.3. The molecule has 0 aliphatic heterocycles. The molecular formula is C20H23ClN2O3. The van der Waals surface area contributed by atoms with Crippen LogP contribution in [0, 0.1) is 6.92 Å². The number of para-hydroxylation sites is 2. The largest absolute Gasteiger partial charge is 0.482 e. The highest BCUT2D eigenvalue weighted by Gasteiger charge is 2.18. The van der Waals surface area contributed by atoms with Gasteiger partial charge in [0.1, 0.15) is 5.75 Å². The van der Waals surface area contributed by atoms with Crippen LogP contribution in [0.1, 0.15) is 18.9 Å². The number of benzene rings is 2. The maximum Gasteiger partial charge on any atom is 0.260 e. The molecule has 2 aromatic rings. The highest BCUT2D eigenvalue weighted by molar-refractivity contribution is 6.32. The van der Waals surface area contributed by atoms with Gasteiger partial charge in [-0.05, 0) is 37.1 Å². The minimum atomic E-state index is -0.258. The fourth-order valence-corrected chi connectivity index (χ4v) is 2.62. The highest BCUT2D eigenvalue weighted by atomic mass is 35.5. The smallest absolute Gasteiger partial charge is 0.260 e. The standard InChI is InChI=1S/C20H23ClN2O3/c1-3-12-23(13-19(24)22-17-10-6-4-8-15(17)2)20(25)14-26-18-11-7-5-9-16(18)21/h4-11H,3,12-14H2,1-2H3,(H,22,24). The van der Waals surface area contributed by atoms with Crippen LogP contribution in [0.5, 0.6) is 5.75 Å². The quantitative estimate of drug-likeness (QED) is 0.762. The first-order valence-corrected chi connectivity index (χ1v) is 8.89. The van der Waals surface area contributed by atoms with Gasteiger partial charge in [0.05, 0.1) is 11.6 Å². The van der Waals surface area contributed by atoms with Crippen molar-refractivity contribution in [3.05, 3.63) is 59.1 Å². The number of nitrogens with one attached hydrogen (secondary N) is 1. The lowest BCUT2D eigenvalue weighted by molar-refractivity contribution is -0.136. The van der Waals surface area contributed by atoms with Crippen LogP contribution in [0.15, 0.2) is 48.5 Å². The molecule has 6 heteroatoms. The Morgan fingerprint density at radius 2 is 1.81 bits per heavy atom. The Labute approximate surface area is 158 Å². The first kappa shape index (κ1) is 19.8. The van der Waals surface area contributed by atoms with Gasteiger partial charge in [-0.2, -0.15) is 0 Å². The Morgan fingerprint density at radius 3 is 2.50 bits per heavy atom. The van der Waals surface area contributed by atoms with Crippen molar-refractivity contribution in [3.8, 4) is 5.75 Å². The molecule has 0 aromatic heterocycles. The number of aryl methyl sites for hydroxylation is 1. The van der Waals surface area contributed by atoms with E-state index < -0.39 is 0 Å². The van der Waals surface area contributed by atoms with Gasteiger partial charge >= 0.3 is 0 Å². The zero-order valence-corrected chi connectivity index (χ0v) is 15.8. The molecule has 2 rings (SSSR count). The zero-order valence-electron chi connectivity index (χ0n) is 15.0. The van der Waals surface area contributed by atoms with E-state index in [4.69, 9.17) is 16.3 Å². The lowest BCUT2D eigenvalue weighted by Gasteiger charge is -2.22. The predicted octanol–water partition coefficient (Wildman–Crippen LogP) is 3.90. The van der Waals surface area contributed by atoms with E-state index in [1.165, 1.54) is 4.90 Å². The molecule has 0 radical (unpaired) electrons. The van der Waals surface area contributed by atoms with Crippen molar-refractivity contribution < 1.29 is 14.3 Å². The number of hydrogen-bond acceptors (Lipinski definition) is 3. The Balaban J connectivity index is 1.94. The lowest BCUT2D eigenvalue weighted by atomic mass is 10.2. The molecular weight excluding hydrogens is 352 g/mol. The maximum atomic E-state index is 12.5. The summed E-state index contributed by atoms with van der Waals surface area (Å²) >= 11 is 6.02. The number of ether oxygens (including phenoxy) is 1.